The molecule has 0 atom stereocenters. The van der Waals surface area contributed by atoms with Gasteiger partial charge in [0.25, 0.3) is 5.52 Å². The van der Waals surface area contributed by atoms with Crippen molar-refractivity contribution in [2.45, 2.75) is 40.0 Å². The predicted molar refractivity (Wildman–Crippen MR) is 113 cm³/mol. The van der Waals surface area contributed by atoms with Gasteiger partial charge in [0.2, 0.25) is 0 Å². The summed E-state index contributed by atoms with van der Waals surface area (Å²) in [7, 11) is -1.46. The molecule has 2 rings (SSSR count). The summed E-state index contributed by atoms with van der Waals surface area (Å²) < 4.78 is 27.0. The quantitative estimate of drug-likeness (QED) is 0.568. The Kier molecular flexibility index (Phi) is 7.64. The molecule has 6 nitrogen and oxygen atoms in total. The molecule has 7 heteroatoms. The van der Waals surface area contributed by atoms with Crippen molar-refractivity contribution >= 4 is 13.1 Å². The Hall–Kier alpha value is -2.14. The smallest absolute Gasteiger partial charge is 0.399 e. The molecule has 0 aliphatic heterocycles. The van der Waals surface area contributed by atoms with Gasteiger partial charge in [-0.2, -0.15) is 0 Å². The summed E-state index contributed by atoms with van der Waals surface area (Å²) in [5.74, 6) is 1.07. The van der Waals surface area contributed by atoms with E-state index in [1.54, 1.807) is 6.07 Å². The van der Waals surface area contributed by atoms with Gasteiger partial charge in [-0.15, -0.1) is 0 Å². The highest BCUT2D eigenvalue weighted by atomic mass is 31.2. The van der Waals surface area contributed by atoms with E-state index in [9.17, 15) is 14.5 Å². The number of benzene rings is 2. The zero-order chi connectivity index (χ0) is 21.8. The highest BCUT2D eigenvalue weighted by Crippen LogP contribution is 2.47. The summed E-state index contributed by atoms with van der Waals surface area (Å²) in [6, 6.07) is 9.40. The zero-order valence-electron chi connectivity index (χ0n) is 17.8. The molecule has 0 unspecified atom stereocenters. The first-order valence-corrected chi connectivity index (χ1v) is 10.9. The van der Waals surface area contributed by atoms with Crippen LogP contribution in [-0.2, 0) is 24.8 Å². The van der Waals surface area contributed by atoms with Crippen molar-refractivity contribution in [3.8, 4) is 11.5 Å². The summed E-state index contributed by atoms with van der Waals surface area (Å²) in [6.07, 6.45) is 0.722. The Balaban J connectivity index is 2.19. The second-order valence-corrected chi connectivity index (χ2v) is 9.53. The molecule has 0 heterocycles. The Morgan fingerprint density at radius 2 is 1.66 bits per heavy atom. The first kappa shape index (κ1) is 23.1. The maximum Gasteiger partial charge on any atom is 0.399 e. The lowest BCUT2D eigenvalue weighted by molar-refractivity contribution is -0.115. The average molecular weight is 420 g/mol. The Bertz CT molecular complexity index is 904. The molecule has 0 fully saturated rings. The van der Waals surface area contributed by atoms with Crippen molar-refractivity contribution in [2.24, 2.45) is 0 Å². The highest BCUT2D eigenvalue weighted by Gasteiger charge is 2.32. The third-order valence-electron chi connectivity index (χ3n) is 4.91. The van der Waals surface area contributed by atoms with Crippen LogP contribution in [0.4, 0.5) is 0 Å². The van der Waals surface area contributed by atoms with E-state index < -0.39 is 19.7 Å². The number of phenolic OH excluding ortho intramolecular Hbond substituents is 1. The molecule has 0 bridgehead atoms. The molecule has 0 saturated carbocycles. The first-order valence-electron chi connectivity index (χ1n) is 9.41. The normalized spacial score (nSPS) is 11.7. The van der Waals surface area contributed by atoms with Crippen molar-refractivity contribution in [3.05, 3.63) is 58.1 Å². The van der Waals surface area contributed by atoms with Crippen LogP contribution in [0.2, 0.25) is 0 Å². The minimum Gasteiger partial charge on any atom is -0.508 e. The molecule has 0 aliphatic carbocycles. The van der Waals surface area contributed by atoms with Crippen molar-refractivity contribution in [2.75, 3.05) is 20.8 Å². The third-order valence-corrected chi connectivity index (χ3v) is 6.61. The number of aryl methyl sites for hydroxylation is 2. The van der Waals surface area contributed by atoms with Gasteiger partial charge in [-0.25, -0.2) is 0 Å². The molecule has 0 saturated heterocycles. The minimum absolute atomic E-state index is 0.237. The molecule has 1 N–H and O–H groups in total. The van der Waals surface area contributed by atoms with Gasteiger partial charge in [-0.3, -0.25) is 9.36 Å². The lowest BCUT2D eigenvalue weighted by Gasteiger charge is -2.16. The van der Waals surface area contributed by atoms with Gasteiger partial charge >= 0.3 is 7.60 Å². The fourth-order valence-electron chi connectivity index (χ4n) is 3.20. The highest BCUT2D eigenvalue weighted by molar-refractivity contribution is 7.71. The molecule has 158 valence electrons. The molecule has 29 heavy (non-hydrogen) atoms. The van der Waals surface area contributed by atoms with Gasteiger partial charge in [0.15, 0.2) is 6.61 Å². The number of rotatable bonds is 9. The van der Waals surface area contributed by atoms with E-state index in [4.69, 9.17) is 13.8 Å². The minimum atomic E-state index is -3.79. The molecule has 0 amide bonds. The number of carbonyl (C=O) groups is 1. The van der Waals surface area contributed by atoms with Gasteiger partial charge in [0.05, 0.1) is 0 Å². The van der Waals surface area contributed by atoms with Gasteiger partial charge in [0.1, 0.15) is 11.5 Å². The standard InChI is InChI=1S/C22H29O6P/c1-14(2)19-11-17(7-8-21(19)23)12-20-15(3)9-18(10-16(20)4)28-13-22(24)29(25,26-5)27-6/h7-11,14,23H,12-13H2,1-6H3. The number of aromatic hydroxyl groups is 1. The van der Waals surface area contributed by atoms with Gasteiger partial charge in [-0.1, -0.05) is 26.0 Å². The lowest BCUT2D eigenvalue weighted by Crippen LogP contribution is -2.14. The molecule has 2 aromatic carbocycles. The molecular weight excluding hydrogens is 391 g/mol. The number of phenols is 1. The number of hydrogen-bond acceptors (Lipinski definition) is 6. The lowest BCUT2D eigenvalue weighted by atomic mass is 9.93. The van der Waals surface area contributed by atoms with Crippen molar-refractivity contribution in [3.63, 3.8) is 0 Å². The molecule has 0 aromatic heterocycles. The second-order valence-electron chi connectivity index (χ2n) is 7.31. The monoisotopic (exact) mass is 420 g/mol. The van der Waals surface area contributed by atoms with Gasteiger partial charge < -0.3 is 18.9 Å². The fraction of sp³-hybridized carbons (Fsp3) is 0.409. The topological polar surface area (TPSA) is 82.1 Å². The third kappa shape index (κ3) is 5.47. The zero-order valence-corrected chi connectivity index (χ0v) is 18.7. The van der Waals surface area contributed by atoms with Crippen LogP contribution in [-0.4, -0.2) is 31.5 Å². The first-order chi connectivity index (χ1) is 13.6. The maximum absolute atomic E-state index is 12.1. The predicted octanol–water partition coefficient (Wildman–Crippen LogP) is 5.11. The van der Waals surface area contributed by atoms with Crippen LogP contribution in [0, 0.1) is 13.8 Å². The van der Waals surface area contributed by atoms with E-state index in [0.717, 1.165) is 34.2 Å². The van der Waals surface area contributed by atoms with Crippen LogP contribution >= 0.6 is 7.60 Å². The molecular formula is C22H29O6P. The number of ether oxygens (including phenoxy) is 1. The summed E-state index contributed by atoms with van der Waals surface area (Å²) in [4.78, 5) is 12.0. The van der Waals surface area contributed by atoms with Crippen molar-refractivity contribution in [1.29, 1.82) is 0 Å². The summed E-state index contributed by atoms with van der Waals surface area (Å²) in [5, 5.41) is 10.0. The van der Waals surface area contributed by atoms with Crippen LogP contribution in [0.1, 0.15) is 47.6 Å². The summed E-state index contributed by atoms with van der Waals surface area (Å²) in [6.45, 7) is 7.67. The van der Waals surface area contributed by atoms with E-state index >= 15 is 0 Å². The van der Waals surface area contributed by atoms with Crippen LogP contribution in [0.3, 0.4) is 0 Å². The Morgan fingerprint density at radius 1 is 1.07 bits per heavy atom. The summed E-state index contributed by atoms with van der Waals surface area (Å²) >= 11 is 0. The van der Waals surface area contributed by atoms with Gasteiger partial charge in [0, 0.05) is 14.2 Å². The largest absolute Gasteiger partial charge is 0.508 e. The van der Waals surface area contributed by atoms with Crippen LogP contribution in [0.25, 0.3) is 0 Å². The second kappa shape index (κ2) is 9.57. The maximum atomic E-state index is 12.1. The van der Waals surface area contributed by atoms with Gasteiger partial charge in [-0.05, 0) is 72.2 Å². The van der Waals surface area contributed by atoms with Crippen molar-refractivity contribution < 1.29 is 28.3 Å². The van der Waals surface area contributed by atoms with E-state index in [0.29, 0.717) is 11.5 Å². The average Bonchev–Trinajstić information content (AvgIpc) is 2.69. The fourth-order valence-corrected chi connectivity index (χ4v) is 3.98. The molecule has 2 aromatic rings. The molecule has 0 radical (unpaired) electrons. The van der Waals surface area contributed by atoms with E-state index in [2.05, 4.69) is 13.8 Å². The van der Waals surface area contributed by atoms with Crippen LogP contribution in [0.5, 0.6) is 11.5 Å². The van der Waals surface area contributed by atoms with E-state index in [1.807, 2.05) is 38.1 Å². The van der Waals surface area contributed by atoms with Crippen LogP contribution in [0.15, 0.2) is 30.3 Å². The number of carbonyl (C=O) groups excluding carboxylic acids is 1. The van der Waals surface area contributed by atoms with Crippen LogP contribution < -0.4 is 4.74 Å². The van der Waals surface area contributed by atoms with Crippen molar-refractivity contribution in [1.82, 2.24) is 0 Å². The number of hydrogen-bond donors (Lipinski definition) is 1. The molecule has 0 aliphatic rings. The Labute approximate surface area is 172 Å². The van der Waals surface area contributed by atoms with E-state index in [-0.39, 0.29) is 5.92 Å². The molecule has 0 spiro atoms. The Morgan fingerprint density at radius 3 is 2.17 bits per heavy atom. The SMILES string of the molecule is COP(=O)(OC)C(=O)COc1cc(C)c(Cc2ccc(O)c(C(C)C)c2)c(C)c1. The van der Waals surface area contributed by atoms with E-state index in [1.165, 1.54) is 14.2 Å². The summed E-state index contributed by atoms with van der Waals surface area (Å²) in [5.41, 5.74) is 4.51.